The maximum absolute atomic E-state index is 13.5. The summed E-state index contributed by atoms with van der Waals surface area (Å²) in [5.74, 6) is 0.482. The van der Waals surface area contributed by atoms with Gasteiger partial charge in [-0.05, 0) is 18.2 Å². The van der Waals surface area contributed by atoms with Crippen molar-refractivity contribution in [2.75, 3.05) is 0 Å². The van der Waals surface area contributed by atoms with Crippen LogP contribution in [0.3, 0.4) is 0 Å². The Hall–Kier alpha value is -1.23. The first-order chi connectivity index (χ1) is 7.58. The molecule has 0 atom stereocenters. The first-order valence-electron chi connectivity index (χ1n) is 4.86. The number of nitrogens with zero attached hydrogens (tertiary/aromatic N) is 2. The molecule has 84 valence electrons. The second-order valence-electron chi connectivity index (χ2n) is 3.72. The third kappa shape index (κ3) is 2.14. The smallest absolute Gasteiger partial charge is 0.250 e. The normalized spacial score (nSPS) is 11.1. The molecule has 0 N–H and O–H groups in total. The minimum absolute atomic E-state index is 0.136. The minimum Gasteiger partial charge on any atom is -0.420 e. The zero-order valence-electron chi connectivity index (χ0n) is 8.87. The Balaban J connectivity index is 2.46. The molecule has 0 aliphatic rings. The fraction of sp³-hybridized carbons (Fsp3) is 0.273. The van der Waals surface area contributed by atoms with Crippen LogP contribution >= 0.6 is 15.9 Å². The molecule has 0 spiro atoms. The molecular formula is C11H10BrFN2O. The predicted octanol–water partition coefficient (Wildman–Crippen LogP) is 3.76. The highest BCUT2D eigenvalue weighted by Crippen LogP contribution is 2.26. The topological polar surface area (TPSA) is 38.9 Å². The number of benzene rings is 1. The van der Waals surface area contributed by atoms with Gasteiger partial charge < -0.3 is 4.42 Å². The molecule has 3 nitrogen and oxygen atoms in total. The lowest BCUT2D eigenvalue weighted by molar-refractivity contribution is 0.478. The lowest BCUT2D eigenvalue weighted by atomic mass is 10.2. The second kappa shape index (κ2) is 4.33. The summed E-state index contributed by atoms with van der Waals surface area (Å²) < 4.78 is 19.7. The van der Waals surface area contributed by atoms with E-state index in [0.717, 1.165) is 4.47 Å². The van der Waals surface area contributed by atoms with Crippen LogP contribution < -0.4 is 0 Å². The molecule has 0 radical (unpaired) electrons. The van der Waals surface area contributed by atoms with Crippen LogP contribution in [0.4, 0.5) is 4.39 Å². The van der Waals surface area contributed by atoms with Crippen LogP contribution in [0, 0.1) is 5.82 Å². The van der Waals surface area contributed by atoms with Crippen LogP contribution in [-0.2, 0) is 0 Å². The SMILES string of the molecule is CC(C)c1nnc(-c2cc(Br)ccc2F)o1. The summed E-state index contributed by atoms with van der Waals surface area (Å²) in [7, 11) is 0. The van der Waals surface area contributed by atoms with E-state index < -0.39 is 0 Å². The van der Waals surface area contributed by atoms with E-state index in [1.807, 2.05) is 13.8 Å². The highest BCUT2D eigenvalue weighted by atomic mass is 79.9. The quantitative estimate of drug-likeness (QED) is 0.843. The van der Waals surface area contributed by atoms with E-state index in [-0.39, 0.29) is 17.6 Å². The third-order valence-electron chi connectivity index (χ3n) is 2.09. The van der Waals surface area contributed by atoms with Crippen molar-refractivity contribution in [1.82, 2.24) is 10.2 Å². The second-order valence-corrected chi connectivity index (χ2v) is 4.64. The molecule has 1 aromatic carbocycles. The number of halogens is 2. The summed E-state index contributed by atoms with van der Waals surface area (Å²) in [6.07, 6.45) is 0. The zero-order valence-corrected chi connectivity index (χ0v) is 10.5. The van der Waals surface area contributed by atoms with E-state index in [1.165, 1.54) is 6.07 Å². The molecule has 2 rings (SSSR count). The first kappa shape index (κ1) is 11.3. The molecule has 0 unspecified atom stereocenters. The summed E-state index contributed by atoms with van der Waals surface area (Å²) in [6.45, 7) is 3.88. The summed E-state index contributed by atoms with van der Waals surface area (Å²) in [6, 6.07) is 4.60. The van der Waals surface area contributed by atoms with Crippen molar-refractivity contribution in [3.05, 3.63) is 34.4 Å². The van der Waals surface area contributed by atoms with Crippen molar-refractivity contribution in [2.45, 2.75) is 19.8 Å². The Morgan fingerprint density at radius 1 is 1.31 bits per heavy atom. The molecule has 5 heteroatoms. The zero-order chi connectivity index (χ0) is 11.7. The van der Waals surface area contributed by atoms with E-state index in [0.29, 0.717) is 11.5 Å². The van der Waals surface area contributed by atoms with Crippen LogP contribution in [-0.4, -0.2) is 10.2 Å². The Labute approximate surface area is 101 Å². The average molecular weight is 285 g/mol. The minimum atomic E-state index is -0.373. The molecule has 0 saturated carbocycles. The average Bonchev–Trinajstić information content (AvgIpc) is 2.70. The van der Waals surface area contributed by atoms with Crippen LogP contribution in [0.25, 0.3) is 11.5 Å². The Bertz CT molecular complexity index is 510. The maximum Gasteiger partial charge on any atom is 0.250 e. The molecule has 1 aromatic heterocycles. The van der Waals surface area contributed by atoms with Gasteiger partial charge in [-0.3, -0.25) is 0 Å². The third-order valence-corrected chi connectivity index (χ3v) is 2.59. The van der Waals surface area contributed by atoms with Gasteiger partial charge in [0.05, 0.1) is 5.56 Å². The maximum atomic E-state index is 13.5. The van der Waals surface area contributed by atoms with Gasteiger partial charge in [-0.1, -0.05) is 29.8 Å². The van der Waals surface area contributed by atoms with Crippen LogP contribution in [0.15, 0.2) is 27.1 Å². The van der Waals surface area contributed by atoms with Gasteiger partial charge in [0, 0.05) is 10.4 Å². The van der Waals surface area contributed by atoms with Gasteiger partial charge >= 0.3 is 0 Å². The number of hydrogen-bond donors (Lipinski definition) is 0. The monoisotopic (exact) mass is 284 g/mol. The molecular weight excluding hydrogens is 275 g/mol. The molecule has 2 aromatic rings. The summed E-state index contributed by atoms with van der Waals surface area (Å²) in [5, 5.41) is 7.70. The Kier molecular flexibility index (Phi) is 3.05. The Morgan fingerprint density at radius 2 is 2.06 bits per heavy atom. The summed E-state index contributed by atoms with van der Waals surface area (Å²) in [5.41, 5.74) is 0.314. The van der Waals surface area contributed by atoms with Crippen LogP contribution in [0.5, 0.6) is 0 Å². The van der Waals surface area contributed by atoms with Gasteiger partial charge in [0.25, 0.3) is 5.89 Å². The highest BCUT2D eigenvalue weighted by molar-refractivity contribution is 9.10. The van der Waals surface area contributed by atoms with Crippen LogP contribution in [0.1, 0.15) is 25.7 Å². The van der Waals surface area contributed by atoms with Crippen molar-refractivity contribution < 1.29 is 8.81 Å². The molecule has 0 aliphatic carbocycles. The van der Waals surface area contributed by atoms with Gasteiger partial charge in [0.2, 0.25) is 5.89 Å². The fourth-order valence-corrected chi connectivity index (χ4v) is 1.60. The molecule has 0 saturated heterocycles. The van der Waals surface area contributed by atoms with Gasteiger partial charge in [-0.25, -0.2) is 4.39 Å². The molecule has 0 bridgehead atoms. The Morgan fingerprint density at radius 3 is 2.69 bits per heavy atom. The summed E-state index contributed by atoms with van der Waals surface area (Å²) in [4.78, 5) is 0. The van der Waals surface area contributed by atoms with Crippen molar-refractivity contribution >= 4 is 15.9 Å². The molecule has 1 heterocycles. The van der Waals surface area contributed by atoms with E-state index in [4.69, 9.17) is 4.42 Å². The lowest BCUT2D eigenvalue weighted by Crippen LogP contribution is -1.85. The van der Waals surface area contributed by atoms with Gasteiger partial charge in [-0.15, -0.1) is 10.2 Å². The highest BCUT2D eigenvalue weighted by Gasteiger charge is 2.14. The molecule has 0 fully saturated rings. The standard InChI is InChI=1S/C11H10BrFN2O/c1-6(2)10-14-15-11(16-10)8-5-7(12)3-4-9(8)13/h3-6H,1-2H3. The number of aromatic nitrogens is 2. The van der Waals surface area contributed by atoms with E-state index in [1.54, 1.807) is 12.1 Å². The van der Waals surface area contributed by atoms with E-state index in [9.17, 15) is 4.39 Å². The van der Waals surface area contributed by atoms with E-state index >= 15 is 0 Å². The van der Waals surface area contributed by atoms with Gasteiger partial charge in [-0.2, -0.15) is 0 Å². The van der Waals surface area contributed by atoms with Gasteiger partial charge in [0.15, 0.2) is 0 Å². The largest absolute Gasteiger partial charge is 0.420 e. The molecule has 0 amide bonds. The fourth-order valence-electron chi connectivity index (χ4n) is 1.24. The van der Waals surface area contributed by atoms with Crippen molar-refractivity contribution in [1.29, 1.82) is 0 Å². The van der Waals surface area contributed by atoms with Crippen molar-refractivity contribution in [2.24, 2.45) is 0 Å². The van der Waals surface area contributed by atoms with Crippen molar-refractivity contribution in [3.8, 4) is 11.5 Å². The van der Waals surface area contributed by atoms with Gasteiger partial charge in [0.1, 0.15) is 5.82 Å². The predicted molar refractivity (Wildman–Crippen MR) is 61.5 cm³/mol. The number of rotatable bonds is 2. The van der Waals surface area contributed by atoms with Crippen LogP contribution in [0.2, 0.25) is 0 Å². The summed E-state index contributed by atoms with van der Waals surface area (Å²) >= 11 is 3.27. The van der Waals surface area contributed by atoms with E-state index in [2.05, 4.69) is 26.1 Å². The molecule has 0 aliphatic heterocycles. The first-order valence-corrected chi connectivity index (χ1v) is 5.66. The molecule has 16 heavy (non-hydrogen) atoms. The van der Waals surface area contributed by atoms with Crippen molar-refractivity contribution in [3.63, 3.8) is 0 Å². The number of hydrogen-bond acceptors (Lipinski definition) is 3. The lowest BCUT2D eigenvalue weighted by Gasteiger charge is -1.98.